The highest BCUT2D eigenvalue weighted by atomic mass is 31.2. The first kappa shape index (κ1) is 70.1. The Bertz CT molecular complexity index is 1430. The van der Waals surface area contributed by atoms with Crippen LogP contribution in [0.5, 0.6) is 0 Å². The normalized spacial score (nSPS) is 14.6. The quantitative estimate of drug-likeness (QED) is 0.0222. The van der Waals surface area contributed by atoms with Crippen molar-refractivity contribution < 1.29 is 80.2 Å². The highest BCUT2D eigenvalue weighted by Crippen LogP contribution is 2.45. The summed E-state index contributed by atoms with van der Waals surface area (Å²) >= 11 is 0. The van der Waals surface area contributed by atoms with Crippen LogP contribution in [0.3, 0.4) is 0 Å². The number of phosphoric acid groups is 2. The van der Waals surface area contributed by atoms with E-state index >= 15 is 0 Å². The van der Waals surface area contributed by atoms with E-state index in [0.29, 0.717) is 25.7 Å². The van der Waals surface area contributed by atoms with Crippen LogP contribution in [-0.4, -0.2) is 96.7 Å². The summed E-state index contributed by atoms with van der Waals surface area (Å²) in [5.41, 5.74) is 0. The molecule has 0 aromatic rings. The molecule has 3 N–H and O–H groups in total. The standard InChI is InChI=1S/C53H102O17P2/c1-6-9-12-15-21-27-32-37-51(56)64-43-49(70-53(58)39-34-29-24-20-18-17-19-23-26-30-35-46(4)5)45-68-72(61,62)66-41-47(54)40-65-71(59,60)67-44-48(42-63-50(55)36-31-25-14-11-8-3)69-52(57)38-33-28-22-16-13-10-7-2/h46-49,54H,6-45H2,1-5H3,(H,59,60)(H,61,62)/t47-,48+,49+/m0/s1. The van der Waals surface area contributed by atoms with Crippen LogP contribution in [0.25, 0.3) is 0 Å². The van der Waals surface area contributed by atoms with E-state index < -0.39 is 97.5 Å². The molecule has 5 atom stereocenters. The molecule has 0 fully saturated rings. The van der Waals surface area contributed by atoms with Gasteiger partial charge in [0.25, 0.3) is 0 Å². The smallest absolute Gasteiger partial charge is 0.462 e. The Labute approximate surface area is 435 Å². The first-order valence-electron chi connectivity index (χ1n) is 28.1. The van der Waals surface area contributed by atoms with Gasteiger partial charge < -0.3 is 33.8 Å². The fourth-order valence-corrected chi connectivity index (χ4v) is 9.22. The van der Waals surface area contributed by atoms with E-state index in [2.05, 4.69) is 34.6 Å². The highest BCUT2D eigenvalue weighted by molar-refractivity contribution is 7.47. The lowest BCUT2D eigenvalue weighted by Gasteiger charge is -2.21. The maximum absolute atomic E-state index is 12.8. The molecule has 0 amide bonds. The van der Waals surface area contributed by atoms with Gasteiger partial charge in [0.2, 0.25) is 0 Å². The third-order valence-corrected chi connectivity index (χ3v) is 13.9. The molecule has 0 aromatic carbocycles. The topological polar surface area (TPSA) is 237 Å². The highest BCUT2D eigenvalue weighted by Gasteiger charge is 2.30. The van der Waals surface area contributed by atoms with E-state index in [0.717, 1.165) is 128 Å². The van der Waals surface area contributed by atoms with Crippen molar-refractivity contribution in [2.75, 3.05) is 39.6 Å². The minimum absolute atomic E-state index is 0.103. The molecule has 72 heavy (non-hydrogen) atoms. The number of phosphoric ester groups is 2. The van der Waals surface area contributed by atoms with Gasteiger partial charge in [-0.25, -0.2) is 9.13 Å². The van der Waals surface area contributed by atoms with Crippen molar-refractivity contribution >= 4 is 39.5 Å². The van der Waals surface area contributed by atoms with Crippen LogP contribution in [0.15, 0.2) is 0 Å². The third-order valence-electron chi connectivity index (χ3n) is 12.0. The van der Waals surface area contributed by atoms with Crippen molar-refractivity contribution in [1.29, 1.82) is 0 Å². The zero-order valence-corrected chi connectivity index (χ0v) is 47.3. The Morgan fingerprint density at radius 1 is 0.375 bits per heavy atom. The van der Waals surface area contributed by atoms with E-state index in [1.165, 1.54) is 44.9 Å². The van der Waals surface area contributed by atoms with E-state index in [9.17, 15) is 43.2 Å². The first-order chi connectivity index (χ1) is 34.5. The number of esters is 4. The SMILES string of the molecule is CCCCCCCCCC(=O)OC[C@H](COP(=O)(O)OC[C@@H](O)COP(=O)(O)OC[C@@H](COC(=O)CCCCCCC)OC(=O)CCCCCCCCC)OC(=O)CCCCCCCCCCCCC(C)C. The van der Waals surface area contributed by atoms with Crippen molar-refractivity contribution in [3.05, 3.63) is 0 Å². The van der Waals surface area contributed by atoms with Gasteiger partial charge in [0, 0.05) is 25.7 Å². The van der Waals surface area contributed by atoms with Crippen LogP contribution < -0.4 is 0 Å². The molecule has 0 heterocycles. The van der Waals surface area contributed by atoms with Crippen molar-refractivity contribution in [3.8, 4) is 0 Å². The van der Waals surface area contributed by atoms with Gasteiger partial charge in [0.1, 0.15) is 19.3 Å². The average molecular weight is 1070 g/mol. The van der Waals surface area contributed by atoms with Crippen LogP contribution in [0.2, 0.25) is 0 Å². The van der Waals surface area contributed by atoms with Crippen LogP contribution in [0.1, 0.15) is 253 Å². The number of aliphatic hydroxyl groups excluding tert-OH is 1. The Balaban J connectivity index is 5.14. The zero-order chi connectivity index (χ0) is 53.6. The summed E-state index contributed by atoms with van der Waals surface area (Å²) in [6, 6.07) is 0. The van der Waals surface area contributed by atoms with E-state index in [1.54, 1.807) is 0 Å². The van der Waals surface area contributed by atoms with Crippen molar-refractivity contribution in [2.24, 2.45) is 5.92 Å². The summed E-state index contributed by atoms with van der Waals surface area (Å²) < 4.78 is 67.1. The Morgan fingerprint density at radius 3 is 0.944 bits per heavy atom. The molecule has 2 unspecified atom stereocenters. The Kier molecular flexibility index (Phi) is 46.2. The second-order valence-corrected chi connectivity index (χ2v) is 22.6. The lowest BCUT2D eigenvalue weighted by molar-refractivity contribution is -0.161. The first-order valence-corrected chi connectivity index (χ1v) is 31.1. The molecule has 0 radical (unpaired) electrons. The fourth-order valence-electron chi connectivity index (χ4n) is 7.64. The van der Waals surface area contributed by atoms with E-state index in [-0.39, 0.29) is 25.7 Å². The van der Waals surface area contributed by atoms with Gasteiger partial charge in [0.05, 0.1) is 26.4 Å². The molecule has 17 nitrogen and oxygen atoms in total. The maximum Gasteiger partial charge on any atom is 0.472 e. The summed E-state index contributed by atoms with van der Waals surface area (Å²) in [4.78, 5) is 71.2. The molecule has 0 aliphatic carbocycles. The number of carbonyl (C=O) groups is 4. The molecular formula is C53H102O17P2. The summed E-state index contributed by atoms with van der Waals surface area (Å²) in [5.74, 6) is -1.42. The molecule has 0 spiro atoms. The predicted molar refractivity (Wildman–Crippen MR) is 280 cm³/mol. The minimum Gasteiger partial charge on any atom is -0.462 e. The van der Waals surface area contributed by atoms with E-state index in [4.69, 9.17) is 37.0 Å². The molecule has 0 bridgehead atoms. The second-order valence-electron chi connectivity index (χ2n) is 19.7. The largest absolute Gasteiger partial charge is 0.472 e. The van der Waals surface area contributed by atoms with Crippen molar-refractivity contribution in [1.82, 2.24) is 0 Å². The molecule has 0 saturated carbocycles. The van der Waals surface area contributed by atoms with Crippen molar-refractivity contribution in [3.63, 3.8) is 0 Å². The van der Waals surface area contributed by atoms with Crippen LogP contribution in [0, 0.1) is 5.92 Å². The molecule has 19 heteroatoms. The van der Waals surface area contributed by atoms with Gasteiger partial charge in [-0.1, -0.05) is 202 Å². The van der Waals surface area contributed by atoms with Crippen LogP contribution >= 0.6 is 15.6 Å². The van der Waals surface area contributed by atoms with Gasteiger partial charge in [-0.3, -0.25) is 37.3 Å². The Hall–Kier alpha value is -1.94. The predicted octanol–water partition coefficient (Wildman–Crippen LogP) is 13.5. The second kappa shape index (κ2) is 47.5. The van der Waals surface area contributed by atoms with Gasteiger partial charge in [0.15, 0.2) is 12.2 Å². The number of unbranched alkanes of at least 4 members (excludes halogenated alkanes) is 25. The van der Waals surface area contributed by atoms with E-state index in [1.807, 2.05) is 0 Å². The monoisotopic (exact) mass is 1070 g/mol. The number of aliphatic hydroxyl groups is 1. The van der Waals surface area contributed by atoms with Crippen LogP contribution in [-0.2, 0) is 65.4 Å². The molecule has 0 saturated heterocycles. The number of ether oxygens (including phenoxy) is 4. The summed E-state index contributed by atoms with van der Waals surface area (Å²) in [6.45, 7) is 6.92. The maximum atomic E-state index is 12.8. The lowest BCUT2D eigenvalue weighted by Crippen LogP contribution is -2.30. The van der Waals surface area contributed by atoms with Crippen LogP contribution in [0.4, 0.5) is 0 Å². The summed E-state index contributed by atoms with van der Waals surface area (Å²) in [6.07, 6.45) is 27.2. The third kappa shape index (κ3) is 47.8. The fraction of sp³-hybridized carbons (Fsp3) is 0.925. The molecule has 0 rings (SSSR count). The minimum atomic E-state index is -4.93. The Morgan fingerprint density at radius 2 is 0.639 bits per heavy atom. The summed E-state index contributed by atoms with van der Waals surface area (Å²) in [7, 11) is -9.85. The molecule has 426 valence electrons. The molecule has 0 aromatic heterocycles. The number of carbonyl (C=O) groups excluding carboxylic acids is 4. The number of hydrogen-bond donors (Lipinski definition) is 3. The van der Waals surface area contributed by atoms with Gasteiger partial charge in [-0.2, -0.15) is 0 Å². The number of hydrogen-bond acceptors (Lipinski definition) is 15. The lowest BCUT2D eigenvalue weighted by atomic mass is 10.0. The van der Waals surface area contributed by atoms with Crippen molar-refractivity contribution in [2.45, 2.75) is 271 Å². The summed E-state index contributed by atoms with van der Waals surface area (Å²) in [5, 5.41) is 10.4. The van der Waals surface area contributed by atoms with Gasteiger partial charge in [-0.05, 0) is 31.6 Å². The average Bonchev–Trinajstić information content (AvgIpc) is 3.34. The molecule has 0 aliphatic heterocycles. The molecular weight excluding hydrogens is 971 g/mol. The zero-order valence-electron chi connectivity index (χ0n) is 45.5. The van der Waals surface area contributed by atoms with Gasteiger partial charge in [-0.15, -0.1) is 0 Å². The molecule has 0 aliphatic rings. The number of rotatable bonds is 53. The van der Waals surface area contributed by atoms with Gasteiger partial charge >= 0.3 is 39.5 Å².